The Morgan fingerprint density at radius 2 is 2.08 bits per heavy atom. The van der Waals surface area contributed by atoms with Gasteiger partial charge in [-0.15, -0.1) is 11.3 Å². The molecule has 0 aliphatic carbocycles. The molecule has 1 aliphatic heterocycles. The summed E-state index contributed by atoms with van der Waals surface area (Å²) >= 11 is 1.03. The molecule has 1 aliphatic rings. The summed E-state index contributed by atoms with van der Waals surface area (Å²) in [6, 6.07) is 3.03. The maximum absolute atomic E-state index is 13.6. The number of nitrogens with zero attached hydrogens (tertiary/aromatic N) is 1. The molecule has 0 saturated carbocycles. The van der Waals surface area contributed by atoms with Crippen LogP contribution in [0.2, 0.25) is 0 Å². The van der Waals surface area contributed by atoms with Crippen LogP contribution < -0.4 is 4.72 Å². The summed E-state index contributed by atoms with van der Waals surface area (Å²) in [4.78, 5) is 16.3. The maximum atomic E-state index is 13.6. The van der Waals surface area contributed by atoms with E-state index in [0.29, 0.717) is 11.6 Å². The molecular formula is C15H14F2N2O4S2. The summed E-state index contributed by atoms with van der Waals surface area (Å²) in [7, 11) is -4.27. The molecule has 0 bridgehead atoms. The molecular weight excluding hydrogens is 374 g/mol. The minimum absolute atomic E-state index is 0.0862. The number of rotatable bonds is 5. The highest BCUT2D eigenvalue weighted by molar-refractivity contribution is 7.89. The predicted octanol–water partition coefficient (Wildman–Crippen LogP) is 2.53. The normalized spacial score (nSPS) is 17.6. The third kappa shape index (κ3) is 4.20. The standard InChI is InChI=1S/C15H14F2N2O4S2/c16-10-3-1-4-11(17)9(10)8-25(21,22)19-14(20)13-7-18-15(24-13)12-5-2-6-23-12/h1,3-4,7,12H,2,5-6,8H2,(H,19,20). The van der Waals surface area contributed by atoms with Crippen molar-refractivity contribution in [2.75, 3.05) is 6.61 Å². The van der Waals surface area contributed by atoms with Crippen LogP contribution in [-0.2, 0) is 20.5 Å². The highest BCUT2D eigenvalue weighted by atomic mass is 32.2. The van der Waals surface area contributed by atoms with Crippen molar-refractivity contribution < 1.29 is 26.7 Å². The molecule has 6 nitrogen and oxygen atoms in total. The van der Waals surface area contributed by atoms with Crippen molar-refractivity contribution in [3.8, 4) is 0 Å². The minimum atomic E-state index is -4.27. The van der Waals surface area contributed by atoms with E-state index in [9.17, 15) is 22.0 Å². The number of carbonyl (C=O) groups excluding carboxylic acids is 1. The Morgan fingerprint density at radius 3 is 2.72 bits per heavy atom. The summed E-state index contributed by atoms with van der Waals surface area (Å²) in [6.07, 6.45) is 2.76. The zero-order chi connectivity index (χ0) is 18.0. The lowest BCUT2D eigenvalue weighted by Gasteiger charge is -2.07. The molecule has 1 aromatic heterocycles. The van der Waals surface area contributed by atoms with Gasteiger partial charge < -0.3 is 4.74 Å². The average Bonchev–Trinajstić information content (AvgIpc) is 3.21. The van der Waals surface area contributed by atoms with Crippen LogP contribution in [0, 0.1) is 11.6 Å². The topological polar surface area (TPSA) is 85.4 Å². The molecule has 134 valence electrons. The Morgan fingerprint density at radius 1 is 1.36 bits per heavy atom. The van der Waals surface area contributed by atoms with Crippen LogP contribution in [0.1, 0.15) is 39.2 Å². The highest BCUT2D eigenvalue weighted by Gasteiger charge is 2.25. The Balaban J connectivity index is 1.71. The third-order valence-electron chi connectivity index (χ3n) is 3.60. The average molecular weight is 388 g/mol. The number of hydrogen-bond acceptors (Lipinski definition) is 6. The Kier molecular flexibility index (Phi) is 5.11. The summed E-state index contributed by atoms with van der Waals surface area (Å²) < 4.78 is 58.5. The first-order valence-electron chi connectivity index (χ1n) is 7.41. The second kappa shape index (κ2) is 7.14. The molecule has 3 rings (SSSR count). The predicted molar refractivity (Wildman–Crippen MR) is 86.5 cm³/mol. The number of thiazole rings is 1. The first-order valence-corrected chi connectivity index (χ1v) is 9.87. The van der Waals surface area contributed by atoms with Crippen LogP contribution in [0.3, 0.4) is 0 Å². The highest BCUT2D eigenvalue weighted by Crippen LogP contribution is 2.31. The van der Waals surface area contributed by atoms with Crippen LogP contribution in [0.15, 0.2) is 24.4 Å². The van der Waals surface area contributed by atoms with Crippen LogP contribution in [-0.4, -0.2) is 25.9 Å². The van der Waals surface area contributed by atoms with E-state index in [1.54, 1.807) is 0 Å². The van der Waals surface area contributed by atoms with Crippen molar-refractivity contribution in [1.29, 1.82) is 0 Å². The third-order valence-corrected chi connectivity index (χ3v) is 5.85. The van der Waals surface area contributed by atoms with E-state index in [0.717, 1.165) is 42.4 Å². The van der Waals surface area contributed by atoms with Crippen molar-refractivity contribution in [1.82, 2.24) is 9.71 Å². The van der Waals surface area contributed by atoms with Crippen molar-refractivity contribution in [3.63, 3.8) is 0 Å². The van der Waals surface area contributed by atoms with Gasteiger partial charge in [0, 0.05) is 12.2 Å². The largest absolute Gasteiger partial charge is 0.371 e. The first kappa shape index (κ1) is 17.9. The Bertz CT molecular complexity index is 872. The van der Waals surface area contributed by atoms with Crippen molar-refractivity contribution in [3.05, 3.63) is 51.5 Å². The number of benzene rings is 1. The fourth-order valence-corrected chi connectivity index (χ4v) is 4.48. The van der Waals surface area contributed by atoms with E-state index in [2.05, 4.69) is 4.98 Å². The van der Waals surface area contributed by atoms with Crippen molar-refractivity contribution in [2.45, 2.75) is 24.7 Å². The molecule has 1 atom stereocenters. The second-order valence-electron chi connectivity index (χ2n) is 5.45. The van der Waals surface area contributed by atoms with Crippen molar-refractivity contribution >= 4 is 27.3 Å². The van der Waals surface area contributed by atoms with E-state index >= 15 is 0 Å². The Hall–Kier alpha value is -1.91. The molecule has 25 heavy (non-hydrogen) atoms. The number of hydrogen-bond donors (Lipinski definition) is 1. The number of ether oxygens (including phenoxy) is 1. The first-order chi connectivity index (χ1) is 11.9. The van der Waals surface area contributed by atoms with E-state index in [4.69, 9.17) is 4.74 Å². The summed E-state index contributed by atoms with van der Waals surface area (Å²) in [5, 5.41) is 0.597. The molecule has 2 aromatic rings. The number of aromatic nitrogens is 1. The maximum Gasteiger partial charge on any atom is 0.276 e. The van der Waals surface area contributed by atoms with Gasteiger partial charge in [0.15, 0.2) is 0 Å². The monoisotopic (exact) mass is 388 g/mol. The number of carbonyl (C=O) groups is 1. The molecule has 1 N–H and O–H groups in total. The van der Waals surface area contributed by atoms with Crippen LogP contribution in [0.25, 0.3) is 0 Å². The van der Waals surface area contributed by atoms with Gasteiger partial charge in [-0.05, 0) is 25.0 Å². The molecule has 1 aromatic carbocycles. The van der Waals surface area contributed by atoms with E-state index in [1.807, 2.05) is 4.72 Å². The SMILES string of the molecule is O=C(NS(=O)(=O)Cc1c(F)cccc1F)c1cnc(C2CCCO2)s1. The van der Waals surface area contributed by atoms with Crippen molar-refractivity contribution in [2.24, 2.45) is 0 Å². The second-order valence-corrected chi connectivity index (χ2v) is 8.24. The fourth-order valence-electron chi connectivity index (χ4n) is 2.40. The van der Waals surface area contributed by atoms with Crippen LogP contribution in [0.5, 0.6) is 0 Å². The molecule has 1 saturated heterocycles. The molecule has 1 unspecified atom stereocenters. The fraction of sp³-hybridized carbons (Fsp3) is 0.333. The lowest BCUT2D eigenvalue weighted by molar-refractivity contribution is 0.0985. The zero-order valence-electron chi connectivity index (χ0n) is 12.9. The summed E-state index contributed by atoms with van der Waals surface area (Å²) in [5.74, 6) is -3.85. The number of amides is 1. The van der Waals surface area contributed by atoms with Gasteiger partial charge in [0.05, 0.1) is 6.20 Å². The van der Waals surface area contributed by atoms with Gasteiger partial charge in [-0.1, -0.05) is 6.07 Å². The lowest BCUT2D eigenvalue weighted by atomic mass is 10.2. The molecule has 2 heterocycles. The summed E-state index contributed by atoms with van der Waals surface area (Å²) in [5.41, 5.74) is -0.618. The van der Waals surface area contributed by atoms with Gasteiger partial charge in [0.2, 0.25) is 10.0 Å². The Labute approximate surface area is 146 Å². The number of halogens is 2. The lowest BCUT2D eigenvalue weighted by Crippen LogP contribution is -2.31. The van der Waals surface area contributed by atoms with E-state index in [1.165, 1.54) is 6.20 Å². The van der Waals surface area contributed by atoms with Gasteiger partial charge in [-0.25, -0.2) is 26.9 Å². The molecule has 1 fully saturated rings. The van der Waals surface area contributed by atoms with Crippen LogP contribution >= 0.6 is 11.3 Å². The van der Waals surface area contributed by atoms with Gasteiger partial charge in [0.25, 0.3) is 5.91 Å². The van der Waals surface area contributed by atoms with E-state index in [-0.39, 0.29) is 11.0 Å². The molecule has 10 heteroatoms. The van der Waals surface area contributed by atoms with Gasteiger partial charge in [-0.3, -0.25) is 4.79 Å². The zero-order valence-corrected chi connectivity index (χ0v) is 14.5. The quantitative estimate of drug-likeness (QED) is 0.851. The van der Waals surface area contributed by atoms with Crippen LogP contribution in [0.4, 0.5) is 8.78 Å². The van der Waals surface area contributed by atoms with E-state index < -0.39 is 38.9 Å². The smallest absolute Gasteiger partial charge is 0.276 e. The van der Waals surface area contributed by atoms with Gasteiger partial charge in [0.1, 0.15) is 33.4 Å². The van der Waals surface area contributed by atoms with Gasteiger partial charge >= 0.3 is 0 Å². The number of sulfonamides is 1. The van der Waals surface area contributed by atoms with Gasteiger partial charge in [-0.2, -0.15) is 0 Å². The number of nitrogens with one attached hydrogen (secondary N) is 1. The minimum Gasteiger partial charge on any atom is -0.371 e. The molecule has 0 radical (unpaired) electrons. The molecule has 1 amide bonds. The summed E-state index contributed by atoms with van der Waals surface area (Å²) in [6.45, 7) is 0.619. The molecule has 0 spiro atoms.